The van der Waals surface area contributed by atoms with Crippen LogP contribution < -0.4 is 4.74 Å². The summed E-state index contributed by atoms with van der Waals surface area (Å²) in [5.41, 5.74) is 2.33. The number of ether oxygens (including phenoxy) is 3. The molecule has 0 aliphatic carbocycles. The van der Waals surface area contributed by atoms with Crippen LogP contribution in [-0.2, 0) is 30.7 Å². The lowest BCUT2D eigenvalue weighted by Gasteiger charge is -2.24. The van der Waals surface area contributed by atoms with Crippen molar-refractivity contribution in [3.63, 3.8) is 0 Å². The van der Waals surface area contributed by atoms with Gasteiger partial charge in [0.25, 0.3) is 0 Å². The standard InChI is InChI=1S/C25H29N3O6S/c1-2-32-25(29)12-15-35(30,31)21-7-5-6-19(16-21)18-34-20-9-10-22(26-17-20)23-11-13-27-28(23)24-8-3-4-14-33-24/h5-7,9-11,13,16-17,24H,2-4,8,12,14-15,18H2,1H3. The summed E-state index contributed by atoms with van der Waals surface area (Å²) < 4.78 is 43.5. The molecule has 3 aromatic rings. The molecule has 1 atom stereocenters. The highest BCUT2D eigenvalue weighted by molar-refractivity contribution is 7.91. The first kappa shape index (κ1) is 24.9. The normalized spacial score (nSPS) is 16.1. The molecule has 1 aliphatic heterocycles. The van der Waals surface area contributed by atoms with Gasteiger partial charge in [-0.25, -0.2) is 13.1 Å². The first-order chi connectivity index (χ1) is 17.0. The van der Waals surface area contributed by atoms with E-state index in [1.165, 1.54) is 6.07 Å². The summed E-state index contributed by atoms with van der Waals surface area (Å²) in [5.74, 6) is -0.269. The van der Waals surface area contributed by atoms with Crippen LogP contribution in [-0.4, -0.2) is 48.1 Å². The molecule has 4 rings (SSSR count). The van der Waals surface area contributed by atoms with Crippen LogP contribution in [0, 0.1) is 0 Å². The number of nitrogens with zero attached hydrogens (tertiary/aromatic N) is 3. The number of aromatic nitrogens is 3. The van der Waals surface area contributed by atoms with Crippen LogP contribution in [0.4, 0.5) is 0 Å². The van der Waals surface area contributed by atoms with Gasteiger partial charge in [-0.05, 0) is 62.1 Å². The van der Waals surface area contributed by atoms with Crippen LogP contribution in [0.1, 0.15) is 44.4 Å². The number of esters is 1. The van der Waals surface area contributed by atoms with Crippen molar-refractivity contribution in [1.82, 2.24) is 14.8 Å². The van der Waals surface area contributed by atoms with Gasteiger partial charge in [0.1, 0.15) is 12.4 Å². The second-order valence-corrected chi connectivity index (χ2v) is 10.3. The van der Waals surface area contributed by atoms with E-state index in [2.05, 4.69) is 10.1 Å². The minimum Gasteiger partial charge on any atom is -0.487 e. The highest BCUT2D eigenvalue weighted by atomic mass is 32.2. The molecule has 1 unspecified atom stereocenters. The zero-order valence-corrected chi connectivity index (χ0v) is 20.4. The van der Waals surface area contributed by atoms with Gasteiger partial charge in [0.05, 0.1) is 41.3 Å². The second kappa shape index (κ2) is 11.5. The molecule has 2 aromatic heterocycles. The van der Waals surface area contributed by atoms with Crippen molar-refractivity contribution < 1.29 is 27.4 Å². The molecule has 0 saturated carbocycles. The van der Waals surface area contributed by atoms with Crippen molar-refractivity contribution in [2.24, 2.45) is 0 Å². The Balaban J connectivity index is 1.38. The molecule has 1 aliphatic rings. The van der Waals surface area contributed by atoms with Crippen LogP contribution in [0.15, 0.2) is 59.8 Å². The molecule has 35 heavy (non-hydrogen) atoms. The first-order valence-corrected chi connectivity index (χ1v) is 13.3. The van der Waals surface area contributed by atoms with Crippen LogP contribution in [0.5, 0.6) is 5.75 Å². The molecule has 0 radical (unpaired) electrons. The van der Waals surface area contributed by atoms with Gasteiger partial charge in [0.15, 0.2) is 16.1 Å². The molecule has 0 amide bonds. The number of pyridine rings is 1. The number of carbonyl (C=O) groups is 1. The highest BCUT2D eigenvalue weighted by Crippen LogP contribution is 2.28. The number of benzene rings is 1. The largest absolute Gasteiger partial charge is 0.487 e. The summed E-state index contributed by atoms with van der Waals surface area (Å²) in [4.78, 5) is 16.2. The Morgan fingerprint density at radius 2 is 2.09 bits per heavy atom. The molecule has 0 spiro atoms. The van der Waals surface area contributed by atoms with E-state index < -0.39 is 15.8 Å². The molecule has 186 valence electrons. The molecular formula is C25H29N3O6S. The van der Waals surface area contributed by atoms with Gasteiger partial charge in [-0.1, -0.05) is 12.1 Å². The van der Waals surface area contributed by atoms with Crippen LogP contribution in [0.2, 0.25) is 0 Å². The molecule has 3 heterocycles. The van der Waals surface area contributed by atoms with Gasteiger partial charge in [-0.15, -0.1) is 0 Å². The van der Waals surface area contributed by atoms with Gasteiger partial charge in [0, 0.05) is 12.8 Å². The molecule has 10 heteroatoms. The third-order valence-corrected chi connectivity index (χ3v) is 7.35. The van der Waals surface area contributed by atoms with Crippen molar-refractivity contribution in [2.75, 3.05) is 19.0 Å². The molecule has 1 aromatic carbocycles. The fourth-order valence-electron chi connectivity index (χ4n) is 3.84. The number of rotatable bonds is 10. The zero-order valence-electron chi connectivity index (χ0n) is 19.6. The minimum absolute atomic E-state index is 0.0766. The third kappa shape index (κ3) is 6.46. The number of hydrogen-bond donors (Lipinski definition) is 0. The summed E-state index contributed by atoms with van der Waals surface area (Å²) in [6.45, 7) is 2.81. The number of carbonyl (C=O) groups excluding carboxylic acids is 1. The van der Waals surface area contributed by atoms with E-state index in [4.69, 9.17) is 14.2 Å². The maximum atomic E-state index is 12.6. The molecule has 1 saturated heterocycles. The fourth-order valence-corrected chi connectivity index (χ4v) is 5.13. The SMILES string of the molecule is CCOC(=O)CCS(=O)(=O)c1cccc(COc2ccc(-c3ccnn3C3CCCCO3)nc2)c1. The molecule has 0 N–H and O–H groups in total. The Kier molecular flexibility index (Phi) is 8.14. The fraction of sp³-hybridized carbons (Fsp3) is 0.400. The predicted molar refractivity (Wildman–Crippen MR) is 128 cm³/mol. The smallest absolute Gasteiger partial charge is 0.306 e. The Labute approximate surface area is 205 Å². The number of hydrogen-bond acceptors (Lipinski definition) is 8. The van der Waals surface area contributed by atoms with E-state index in [0.29, 0.717) is 11.3 Å². The Bertz CT molecular complexity index is 1230. The summed E-state index contributed by atoms with van der Waals surface area (Å²) in [5, 5.41) is 4.42. The van der Waals surface area contributed by atoms with Crippen LogP contribution >= 0.6 is 0 Å². The lowest BCUT2D eigenvalue weighted by Crippen LogP contribution is -2.20. The number of sulfone groups is 1. The van der Waals surface area contributed by atoms with Gasteiger partial charge in [-0.3, -0.25) is 9.78 Å². The maximum absolute atomic E-state index is 12.6. The second-order valence-electron chi connectivity index (χ2n) is 8.17. The van der Waals surface area contributed by atoms with Gasteiger partial charge in [0.2, 0.25) is 0 Å². The van der Waals surface area contributed by atoms with E-state index in [1.807, 2.05) is 22.9 Å². The van der Waals surface area contributed by atoms with E-state index in [9.17, 15) is 13.2 Å². The van der Waals surface area contributed by atoms with E-state index in [0.717, 1.165) is 37.3 Å². The van der Waals surface area contributed by atoms with Crippen molar-refractivity contribution in [2.45, 2.75) is 50.3 Å². The van der Waals surface area contributed by atoms with Crippen molar-refractivity contribution in [1.29, 1.82) is 0 Å². The predicted octanol–water partition coefficient (Wildman–Crippen LogP) is 3.95. The average Bonchev–Trinajstić information content (AvgIpc) is 3.38. The molecule has 1 fully saturated rings. The topological polar surface area (TPSA) is 110 Å². The maximum Gasteiger partial charge on any atom is 0.306 e. The first-order valence-electron chi connectivity index (χ1n) is 11.7. The van der Waals surface area contributed by atoms with Crippen molar-refractivity contribution in [3.05, 3.63) is 60.4 Å². The van der Waals surface area contributed by atoms with Crippen molar-refractivity contribution in [3.8, 4) is 17.1 Å². The molecule has 0 bridgehead atoms. The summed E-state index contributed by atoms with van der Waals surface area (Å²) in [7, 11) is -3.61. The third-order valence-electron chi connectivity index (χ3n) is 5.64. The lowest BCUT2D eigenvalue weighted by molar-refractivity contribution is -0.142. The van der Waals surface area contributed by atoms with E-state index >= 15 is 0 Å². The summed E-state index contributed by atoms with van der Waals surface area (Å²) >= 11 is 0. The lowest BCUT2D eigenvalue weighted by atomic mass is 10.2. The van der Waals surface area contributed by atoms with Crippen molar-refractivity contribution >= 4 is 15.8 Å². The van der Waals surface area contributed by atoms with Crippen LogP contribution in [0.3, 0.4) is 0 Å². The van der Waals surface area contributed by atoms with E-state index in [1.54, 1.807) is 37.5 Å². The summed E-state index contributed by atoms with van der Waals surface area (Å²) in [6.07, 6.45) is 6.22. The minimum atomic E-state index is -3.61. The molecular weight excluding hydrogens is 470 g/mol. The Morgan fingerprint density at radius 3 is 2.83 bits per heavy atom. The summed E-state index contributed by atoms with van der Waals surface area (Å²) in [6, 6.07) is 12.1. The average molecular weight is 500 g/mol. The Hall–Kier alpha value is -3.24. The Morgan fingerprint density at radius 1 is 1.20 bits per heavy atom. The quantitative estimate of drug-likeness (QED) is 0.386. The van der Waals surface area contributed by atoms with Gasteiger partial charge >= 0.3 is 5.97 Å². The molecule has 9 nitrogen and oxygen atoms in total. The van der Waals surface area contributed by atoms with E-state index in [-0.39, 0.29) is 36.5 Å². The van der Waals surface area contributed by atoms with Gasteiger partial charge < -0.3 is 14.2 Å². The monoisotopic (exact) mass is 499 g/mol. The van der Waals surface area contributed by atoms with Gasteiger partial charge in [-0.2, -0.15) is 5.10 Å². The highest BCUT2D eigenvalue weighted by Gasteiger charge is 2.20. The zero-order chi connectivity index (χ0) is 24.7. The van der Waals surface area contributed by atoms with Crippen LogP contribution in [0.25, 0.3) is 11.4 Å².